The van der Waals surface area contributed by atoms with Crippen LogP contribution in [0.4, 0.5) is 0 Å². The van der Waals surface area contributed by atoms with Gasteiger partial charge < -0.3 is 9.88 Å². The summed E-state index contributed by atoms with van der Waals surface area (Å²) in [6.45, 7) is 4.16. The molecule has 1 aromatic heterocycles. The first kappa shape index (κ1) is 8.07. The number of aromatic nitrogens is 3. The first-order valence-electron chi connectivity index (χ1n) is 4.01. The van der Waals surface area contributed by atoms with Gasteiger partial charge >= 0.3 is 0 Å². The standard InChI is InChI=1S/C7H12N4S/c1-5-9-10-7(11(5)2)12-6-3-8-4-6/h6,8H,3-4H2,1-2H3. The molecule has 0 saturated carbocycles. The molecule has 0 aromatic carbocycles. The van der Waals surface area contributed by atoms with Crippen molar-refractivity contribution in [1.82, 2.24) is 20.1 Å². The molecule has 1 aliphatic heterocycles. The van der Waals surface area contributed by atoms with E-state index in [9.17, 15) is 0 Å². The Morgan fingerprint density at radius 2 is 2.25 bits per heavy atom. The highest BCUT2D eigenvalue weighted by Crippen LogP contribution is 2.23. The minimum absolute atomic E-state index is 0.687. The third-order valence-electron chi connectivity index (χ3n) is 2.07. The van der Waals surface area contributed by atoms with Crippen molar-refractivity contribution in [2.45, 2.75) is 17.3 Å². The summed E-state index contributed by atoms with van der Waals surface area (Å²) in [6.07, 6.45) is 0. The highest BCUT2D eigenvalue weighted by atomic mass is 32.2. The molecule has 2 rings (SSSR count). The van der Waals surface area contributed by atoms with E-state index < -0.39 is 0 Å². The average molecular weight is 184 g/mol. The van der Waals surface area contributed by atoms with Crippen LogP contribution < -0.4 is 5.32 Å². The zero-order valence-corrected chi connectivity index (χ0v) is 8.06. The van der Waals surface area contributed by atoms with E-state index in [1.807, 2.05) is 18.5 Å². The lowest BCUT2D eigenvalue weighted by Crippen LogP contribution is -2.44. The largest absolute Gasteiger partial charge is 0.314 e. The maximum absolute atomic E-state index is 4.09. The van der Waals surface area contributed by atoms with Crippen LogP contribution in [0.2, 0.25) is 0 Å². The molecule has 1 N–H and O–H groups in total. The first-order chi connectivity index (χ1) is 5.77. The van der Waals surface area contributed by atoms with Crippen LogP contribution >= 0.6 is 11.8 Å². The van der Waals surface area contributed by atoms with Gasteiger partial charge in [-0.05, 0) is 6.92 Å². The molecule has 0 atom stereocenters. The molecule has 0 unspecified atom stereocenters. The van der Waals surface area contributed by atoms with Gasteiger partial charge in [0.1, 0.15) is 5.82 Å². The number of hydrogen-bond donors (Lipinski definition) is 1. The van der Waals surface area contributed by atoms with Crippen molar-refractivity contribution < 1.29 is 0 Å². The van der Waals surface area contributed by atoms with Crippen molar-refractivity contribution in [1.29, 1.82) is 0 Å². The molecule has 5 heteroatoms. The fourth-order valence-electron chi connectivity index (χ4n) is 0.985. The molecule has 0 amide bonds. The third-order valence-corrected chi connectivity index (χ3v) is 3.30. The Morgan fingerprint density at radius 3 is 2.67 bits per heavy atom. The maximum Gasteiger partial charge on any atom is 0.191 e. The highest BCUT2D eigenvalue weighted by Gasteiger charge is 2.20. The van der Waals surface area contributed by atoms with Crippen molar-refractivity contribution >= 4 is 11.8 Å². The topological polar surface area (TPSA) is 42.7 Å². The van der Waals surface area contributed by atoms with E-state index in [0.717, 1.165) is 24.1 Å². The molecule has 1 aromatic rings. The van der Waals surface area contributed by atoms with Crippen LogP contribution in [-0.4, -0.2) is 33.1 Å². The van der Waals surface area contributed by atoms with Gasteiger partial charge in [-0.15, -0.1) is 10.2 Å². The van der Waals surface area contributed by atoms with E-state index in [4.69, 9.17) is 0 Å². The summed E-state index contributed by atoms with van der Waals surface area (Å²) >= 11 is 1.80. The Labute approximate surface area is 75.8 Å². The van der Waals surface area contributed by atoms with Gasteiger partial charge in [0.2, 0.25) is 0 Å². The second kappa shape index (κ2) is 3.06. The summed E-state index contributed by atoms with van der Waals surface area (Å²) in [5, 5.41) is 13.0. The van der Waals surface area contributed by atoms with Gasteiger partial charge in [0, 0.05) is 25.4 Å². The molecule has 0 aliphatic carbocycles. The zero-order valence-electron chi connectivity index (χ0n) is 7.24. The van der Waals surface area contributed by atoms with Crippen LogP contribution in [-0.2, 0) is 7.05 Å². The molecular formula is C7H12N4S. The maximum atomic E-state index is 4.09. The normalized spacial score (nSPS) is 17.8. The van der Waals surface area contributed by atoms with Gasteiger partial charge in [0.25, 0.3) is 0 Å². The van der Waals surface area contributed by atoms with E-state index in [0.29, 0.717) is 5.25 Å². The first-order valence-corrected chi connectivity index (χ1v) is 4.88. The Bertz CT molecular complexity index is 279. The van der Waals surface area contributed by atoms with Crippen molar-refractivity contribution in [2.24, 2.45) is 7.05 Å². The van der Waals surface area contributed by atoms with Crippen LogP contribution in [0.25, 0.3) is 0 Å². The van der Waals surface area contributed by atoms with Crippen molar-refractivity contribution in [3.05, 3.63) is 5.82 Å². The van der Waals surface area contributed by atoms with E-state index in [-0.39, 0.29) is 0 Å². The smallest absolute Gasteiger partial charge is 0.191 e. The van der Waals surface area contributed by atoms with Crippen LogP contribution in [0.5, 0.6) is 0 Å². The predicted octanol–water partition coefficient (Wildman–Crippen LogP) is 0.187. The number of hydrogen-bond acceptors (Lipinski definition) is 4. The third kappa shape index (κ3) is 1.34. The molecule has 2 heterocycles. The van der Waals surface area contributed by atoms with Gasteiger partial charge in [-0.25, -0.2) is 0 Å². The Morgan fingerprint density at radius 1 is 1.50 bits per heavy atom. The summed E-state index contributed by atoms with van der Waals surface area (Å²) in [5.74, 6) is 0.977. The summed E-state index contributed by atoms with van der Waals surface area (Å²) < 4.78 is 2.03. The Hall–Kier alpha value is -0.550. The van der Waals surface area contributed by atoms with Crippen molar-refractivity contribution in [3.8, 4) is 0 Å². The summed E-state index contributed by atoms with van der Waals surface area (Å²) in [4.78, 5) is 0. The van der Waals surface area contributed by atoms with Gasteiger partial charge in [-0.2, -0.15) is 0 Å². The predicted molar refractivity (Wildman–Crippen MR) is 48.3 cm³/mol. The number of rotatable bonds is 2. The molecule has 0 spiro atoms. The molecule has 1 fully saturated rings. The summed E-state index contributed by atoms with van der Waals surface area (Å²) in [5.41, 5.74) is 0. The monoisotopic (exact) mass is 184 g/mol. The fraction of sp³-hybridized carbons (Fsp3) is 0.714. The summed E-state index contributed by atoms with van der Waals surface area (Å²) in [7, 11) is 2.00. The molecule has 66 valence electrons. The van der Waals surface area contributed by atoms with Gasteiger partial charge in [-0.1, -0.05) is 11.8 Å². The molecule has 1 aliphatic rings. The van der Waals surface area contributed by atoms with Crippen LogP contribution in [0, 0.1) is 6.92 Å². The average Bonchev–Trinajstić information content (AvgIpc) is 2.27. The quantitative estimate of drug-likeness (QED) is 0.712. The zero-order chi connectivity index (χ0) is 8.55. The molecular weight excluding hydrogens is 172 g/mol. The lowest BCUT2D eigenvalue weighted by molar-refractivity contribution is 0.541. The fourth-order valence-corrected chi connectivity index (χ4v) is 2.06. The number of nitrogens with one attached hydrogen (secondary N) is 1. The van der Waals surface area contributed by atoms with Gasteiger partial charge in [-0.3, -0.25) is 0 Å². The molecule has 4 nitrogen and oxygen atoms in total. The van der Waals surface area contributed by atoms with E-state index in [2.05, 4.69) is 15.5 Å². The van der Waals surface area contributed by atoms with Crippen LogP contribution in [0.3, 0.4) is 0 Å². The minimum atomic E-state index is 0.687. The summed E-state index contributed by atoms with van der Waals surface area (Å²) in [6, 6.07) is 0. The minimum Gasteiger partial charge on any atom is -0.314 e. The van der Waals surface area contributed by atoms with Gasteiger partial charge in [0.15, 0.2) is 5.16 Å². The van der Waals surface area contributed by atoms with Crippen molar-refractivity contribution in [3.63, 3.8) is 0 Å². The number of aryl methyl sites for hydroxylation is 1. The number of nitrogens with zero attached hydrogens (tertiary/aromatic N) is 3. The van der Waals surface area contributed by atoms with Crippen LogP contribution in [0.1, 0.15) is 5.82 Å². The van der Waals surface area contributed by atoms with E-state index in [1.165, 1.54) is 0 Å². The molecule has 0 bridgehead atoms. The SMILES string of the molecule is Cc1nnc(SC2CNC2)n1C. The Kier molecular flexibility index (Phi) is 2.06. The van der Waals surface area contributed by atoms with Crippen LogP contribution in [0.15, 0.2) is 5.16 Å². The second-order valence-electron chi connectivity index (χ2n) is 2.99. The van der Waals surface area contributed by atoms with E-state index in [1.54, 1.807) is 11.8 Å². The van der Waals surface area contributed by atoms with Crippen molar-refractivity contribution in [2.75, 3.05) is 13.1 Å². The van der Waals surface area contributed by atoms with Gasteiger partial charge in [0.05, 0.1) is 0 Å². The Balaban J connectivity index is 2.06. The second-order valence-corrected chi connectivity index (χ2v) is 4.25. The number of thioether (sulfide) groups is 1. The molecule has 1 saturated heterocycles. The molecule has 0 radical (unpaired) electrons. The lowest BCUT2D eigenvalue weighted by atomic mass is 10.3. The molecule has 12 heavy (non-hydrogen) atoms. The lowest BCUT2D eigenvalue weighted by Gasteiger charge is -2.25. The van der Waals surface area contributed by atoms with E-state index >= 15 is 0 Å². The highest BCUT2D eigenvalue weighted by molar-refractivity contribution is 7.99.